The normalized spacial score (nSPS) is 10.5. The van der Waals surface area contributed by atoms with E-state index in [9.17, 15) is 9.59 Å². The highest BCUT2D eigenvalue weighted by atomic mass is 16.5. The molecule has 0 unspecified atom stereocenters. The lowest BCUT2D eigenvalue weighted by molar-refractivity contribution is -0.134. The average molecular weight is 413 g/mol. The zero-order valence-electron chi connectivity index (χ0n) is 16.7. The highest BCUT2D eigenvalue weighted by Crippen LogP contribution is 2.25. The van der Waals surface area contributed by atoms with Crippen LogP contribution in [0.4, 0.5) is 5.69 Å². The van der Waals surface area contributed by atoms with Gasteiger partial charge >= 0.3 is 5.97 Å². The smallest absolute Gasteiger partial charge is 0.310 e. The Bertz CT molecular complexity index is 1200. The Hall–Kier alpha value is -4.26. The maximum absolute atomic E-state index is 12.5. The van der Waals surface area contributed by atoms with E-state index < -0.39 is 0 Å². The van der Waals surface area contributed by atoms with Gasteiger partial charge in [0.05, 0.1) is 0 Å². The Morgan fingerprint density at radius 3 is 2.23 bits per heavy atom. The highest BCUT2D eigenvalue weighted by Gasteiger charge is 2.12. The second-order valence-electron chi connectivity index (χ2n) is 6.67. The van der Waals surface area contributed by atoms with Crippen molar-refractivity contribution in [2.75, 3.05) is 5.32 Å². The third-order valence-corrected chi connectivity index (χ3v) is 4.45. The van der Waals surface area contributed by atoms with Crippen molar-refractivity contribution in [3.8, 4) is 28.7 Å². The van der Waals surface area contributed by atoms with Crippen molar-refractivity contribution >= 4 is 17.6 Å². The number of carbonyl (C=O) groups excluding carboxylic acids is 2. The van der Waals surface area contributed by atoms with Crippen LogP contribution in [-0.2, 0) is 4.79 Å². The average Bonchev–Trinajstić information content (AvgIpc) is 3.30. The van der Waals surface area contributed by atoms with Crippen molar-refractivity contribution in [3.63, 3.8) is 0 Å². The number of hydrogen-bond donors (Lipinski definition) is 1. The minimum atomic E-state index is -0.357. The molecule has 31 heavy (non-hydrogen) atoms. The van der Waals surface area contributed by atoms with Crippen LogP contribution >= 0.6 is 0 Å². The molecule has 1 aromatic heterocycles. The van der Waals surface area contributed by atoms with E-state index in [1.54, 1.807) is 49.4 Å². The molecular weight excluding hydrogens is 394 g/mol. The largest absolute Gasteiger partial charge is 0.427 e. The molecule has 0 fully saturated rings. The summed E-state index contributed by atoms with van der Waals surface area (Å²) in [4.78, 5) is 24.0. The van der Waals surface area contributed by atoms with Crippen molar-refractivity contribution in [1.29, 1.82) is 0 Å². The first-order valence-electron chi connectivity index (χ1n) is 9.74. The lowest BCUT2D eigenvalue weighted by Crippen LogP contribution is -2.12. The molecule has 1 N–H and O–H groups in total. The number of benzene rings is 3. The molecule has 0 aliphatic rings. The van der Waals surface area contributed by atoms with Crippen LogP contribution < -0.4 is 10.1 Å². The van der Waals surface area contributed by atoms with Gasteiger partial charge in [0.2, 0.25) is 11.8 Å². The molecule has 0 saturated carbocycles. The number of hydrogen-bond acceptors (Lipinski definition) is 6. The predicted molar refractivity (Wildman–Crippen MR) is 115 cm³/mol. The molecule has 0 spiro atoms. The molecule has 4 rings (SSSR count). The molecule has 0 aliphatic heterocycles. The molecule has 1 heterocycles. The minimum Gasteiger partial charge on any atom is -0.427 e. The molecule has 154 valence electrons. The Kier molecular flexibility index (Phi) is 5.84. The van der Waals surface area contributed by atoms with Crippen molar-refractivity contribution in [3.05, 3.63) is 84.4 Å². The maximum atomic E-state index is 12.5. The van der Waals surface area contributed by atoms with Crippen molar-refractivity contribution < 1.29 is 18.7 Å². The maximum Gasteiger partial charge on any atom is 0.310 e. The van der Waals surface area contributed by atoms with Gasteiger partial charge in [-0.1, -0.05) is 31.2 Å². The fourth-order valence-corrected chi connectivity index (χ4v) is 2.84. The van der Waals surface area contributed by atoms with Gasteiger partial charge < -0.3 is 14.5 Å². The van der Waals surface area contributed by atoms with Gasteiger partial charge in [-0.15, -0.1) is 10.2 Å². The van der Waals surface area contributed by atoms with Crippen molar-refractivity contribution in [1.82, 2.24) is 10.2 Å². The standard InChI is InChI=1S/C24H19N3O4/c1-2-21(28)30-20-10-6-9-18(15-20)22(29)25-19-13-11-17(12-14-19)24-27-26-23(31-24)16-7-4-3-5-8-16/h3-15H,2H2,1H3,(H,25,29). The van der Waals surface area contributed by atoms with Crippen LogP contribution in [-0.4, -0.2) is 22.1 Å². The number of esters is 1. The van der Waals surface area contributed by atoms with Gasteiger partial charge in [-0.25, -0.2) is 0 Å². The van der Waals surface area contributed by atoms with Gasteiger partial charge in [-0.2, -0.15) is 0 Å². The zero-order valence-corrected chi connectivity index (χ0v) is 16.7. The second kappa shape index (κ2) is 9.04. The molecule has 4 aromatic rings. The van der Waals surface area contributed by atoms with E-state index in [2.05, 4.69) is 15.5 Å². The molecule has 7 nitrogen and oxygen atoms in total. The number of anilines is 1. The van der Waals surface area contributed by atoms with Gasteiger partial charge in [0.15, 0.2) is 0 Å². The van der Waals surface area contributed by atoms with Crippen LogP contribution in [0.3, 0.4) is 0 Å². The fourth-order valence-electron chi connectivity index (χ4n) is 2.84. The summed E-state index contributed by atoms with van der Waals surface area (Å²) < 4.78 is 10.9. The second-order valence-corrected chi connectivity index (χ2v) is 6.67. The molecule has 3 aromatic carbocycles. The lowest BCUT2D eigenvalue weighted by atomic mass is 10.1. The molecule has 0 atom stereocenters. The van der Waals surface area contributed by atoms with E-state index in [0.717, 1.165) is 11.1 Å². The molecule has 0 bridgehead atoms. The fraction of sp³-hybridized carbons (Fsp3) is 0.0833. The summed E-state index contributed by atoms with van der Waals surface area (Å²) in [7, 11) is 0. The third kappa shape index (κ3) is 4.84. The van der Waals surface area contributed by atoms with E-state index in [4.69, 9.17) is 9.15 Å². The van der Waals surface area contributed by atoms with Crippen LogP contribution in [0.25, 0.3) is 22.9 Å². The van der Waals surface area contributed by atoms with Gasteiger partial charge in [0.25, 0.3) is 5.91 Å². The van der Waals surface area contributed by atoms with E-state index in [-0.39, 0.29) is 18.3 Å². The Morgan fingerprint density at radius 1 is 0.871 bits per heavy atom. The number of amides is 1. The number of aromatic nitrogens is 2. The minimum absolute atomic E-state index is 0.260. The first-order chi connectivity index (χ1) is 15.1. The summed E-state index contributed by atoms with van der Waals surface area (Å²) >= 11 is 0. The van der Waals surface area contributed by atoms with E-state index in [1.807, 2.05) is 30.3 Å². The monoisotopic (exact) mass is 413 g/mol. The van der Waals surface area contributed by atoms with Crippen LogP contribution in [0.1, 0.15) is 23.7 Å². The first kappa shape index (κ1) is 20.0. The van der Waals surface area contributed by atoms with Crippen LogP contribution in [0, 0.1) is 0 Å². The van der Waals surface area contributed by atoms with Crippen molar-refractivity contribution in [2.45, 2.75) is 13.3 Å². The van der Waals surface area contributed by atoms with E-state index in [0.29, 0.717) is 28.8 Å². The van der Waals surface area contributed by atoms with Crippen molar-refractivity contribution in [2.24, 2.45) is 0 Å². The molecule has 1 amide bonds. The lowest BCUT2D eigenvalue weighted by Gasteiger charge is -2.08. The van der Waals surface area contributed by atoms with Gasteiger partial charge in [0.1, 0.15) is 5.75 Å². The summed E-state index contributed by atoms with van der Waals surface area (Å²) in [5, 5.41) is 11.0. The molecule has 0 saturated heterocycles. The topological polar surface area (TPSA) is 94.3 Å². The summed E-state index contributed by atoms with van der Waals surface area (Å²) in [6.45, 7) is 1.71. The summed E-state index contributed by atoms with van der Waals surface area (Å²) in [6, 6.07) is 23.1. The van der Waals surface area contributed by atoms with Gasteiger partial charge in [0, 0.05) is 28.8 Å². The molecule has 0 radical (unpaired) electrons. The van der Waals surface area contributed by atoms with Crippen LogP contribution in [0.5, 0.6) is 5.75 Å². The summed E-state index contributed by atoms with van der Waals surface area (Å²) in [6.07, 6.45) is 0.260. The number of carbonyl (C=O) groups is 2. The van der Waals surface area contributed by atoms with E-state index in [1.165, 1.54) is 6.07 Å². The molecule has 0 aliphatic carbocycles. The van der Waals surface area contributed by atoms with Crippen LogP contribution in [0.15, 0.2) is 83.3 Å². The Balaban J connectivity index is 1.44. The predicted octanol–water partition coefficient (Wildman–Crippen LogP) is 4.97. The highest BCUT2D eigenvalue weighted by molar-refractivity contribution is 6.04. The SMILES string of the molecule is CCC(=O)Oc1cccc(C(=O)Nc2ccc(-c3nnc(-c4ccccc4)o3)cc2)c1. The summed E-state index contributed by atoms with van der Waals surface area (Å²) in [5.74, 6) is 0.496. The Morgan fingerprint density at radius 2 is 1.55 bits per heavy atom. The van der Waals surface area contributed by atoms with Gasteiger partial charge in [-0.05, 0) is 54.6 Å². The Labute approximate surface area is 178 Å². The third-order valence-electron chi connectivity index (χ3n) is 4.45. The van der Waals surface area contributed by atoms with Crippen LogP contribution in [0.2, 0.25) is 0 Å². The number of ether oxygens (including phenoxy) is 1. The number of rotatable bonds is 6. The van der Waals surface area contributed by atoms with Gasteiger partial charge in [-0.3, -0.25) is 9.59 Å². The molecular formula is C24H19N3O4. The zero-order chi connectivity index (χ0) is 21.6. The molecule has 7 heteroatoms. The first-order valence-corrected chi connectivity index (χ1v) is 9.74. The quantitative estimate of drug-likeness (QED) is 0.354. The number of nitrogens with one attached hydrogen (secondary N) is 1. The summed E-state index contributed by atoms with van der Waals surface area (Å²) in [5.41, 5.74) is 2.57. The number of nitrogens with zero attached hydrogens (tertiary/aromatic N) is 2. The van der Waals surface area contributed by atoms with E-state index >= 15 is 0 Å².